The van der Waals surface area contributed by atoms with Crippen molar-refractivity contribution in [3.8, 4) is 0 Å². The van der Waals surface area contributed by atoms with Crippen LogP contribution in [0.1, 0.15) is 36.3 Å². The van der Waals surface area contributed by atoms with E-state index in [-0.39, 0.29) is 6.10 Å². The van der Waals surface area contributed by atoms with E-state index in [0.29, 0.717) is 6.54 Å². The minimum atomic E-state index is 0.0691. The Kier molecular flexibility index (Phi) is 2.40. The summed E-state index contributed by atoms with van der Waals surface area (Å²) in [6.07, 6.45) is 3.57. The van der Waals surface area contributed by atoms with Crippen molar-refractivity contribution in [3.05, 3.63) is 35.4 Å². The van der Waals surface area contributed by atoms with Gasteiger partial charge in [-0.1, -0.05) is 23.4 Å². The van der Waals surface area contributed by atoms with Crippen LogP contribution in [0.5, 0.6) is 0 Å². The SMILES string of the molecule is NCC1CC(c2cccc(C3CC3)c2)=NO1. The summed E-state index contributed by atoms with van der Waals surface area (Å²) < 4.78 is 0. The van der Waals surface area contributed by atoms with Crippen molar-refractivity contribution in [2.45, 2.75) is 31.3 Å². The summed E-state index contributed by atoms with van der Waals surface area (Å²) in [4.78, 5) is 5.25. The molecular weight excluding hydrogens is 200 g/mol. The van der Waals surface area contributed by atoms with E-state index in [2.05, 4.69) is 29.4 Å². The molecule has 1 heterocycles. The van der Waals surface area contributed by atoms with Crippen LogP contribution in [0.4, 0.5) is 0 Å². The molecule has 1 atom stereocenters. The largest absolute Gasteiger partial charge is 0.390 e. The van der Waals surface area contributed by atoms with Crippen LogP contribution in [0.25, 0.3) is 0 Å². The van der Waals surface area contributed by atoms with E-state index >= 15 is 0 Å². The zero-order valence-electron chi connectivity index (χ0n) is 9.23. The number of oxime groups is 1. The lowest BCUT2D eigenvalue weighted by Crippen LogP contribution is -2.20. The smallest absolute Gasteiger partial charge is 0.145 e. The summed E-state index contributed by atoms with van der Waals surface area (Å²) in [7, 11) is 0. The summed E-state index contributed by atoms with van der Waals surface area (Å²) in [6, 6.07) is 8.67. The van der Waals surface area contributed by atoms with Gasteiger partial charge in [-0.3, -0.25) is 0 Å². The molecule has 0 spiro atoms. The molecular formula is C13H16N2O. The molecule has 3 rings (SSSR count). The molecule has 16 heavy (non-hydrogen) atoms. The average molecular weight is 216 g/mol. The van der Waals surface area contributed by atoms with E-state index in [1.165, 1.54) is 24.0 Å². The van der Waals surface area contributed by atoms with Gasteiger partial charge in [0.15, 0.2) is 0 Å². The maximum atomic E-state index is 5.56. The maximum absolute atomic E-state index is 5.56. The van der Waals surface area contributed by atoms with E-state index in [1.807, 2.05) is 0 Å². The fourth-order valence-corrected chi connectivity index (χ4v) is 2.11. The number of nitrogens with zero attached hydrogens (tertiary/aromatic N) is 1. The summed E-state index contributed by atoms with van der Waals surface area (Å²) in [5.74, 6) is 0.785. The normalized spacial score (nSPS) is 24.1. The Morgan fingerprint density at radius 1 is 1.38 bits per heavy atom. The van der Waals surface area contributed by atoms with Crippen molar-refractivity contribution in [3.63, 3.8) is 0 Å². The van der Waals surface area contributed by atoms with Crippen molar-refractivity contribution < 1.29 is 4.84 Å². The molecule has 3 heteroatoms. The number of nitrogens with two attached hydrogens (primary N) is 1. The van der Waals surface area contributed by atoms with Crippen LogP contribution < -0.4 is 5.73 Å². The lowest BCUT2D eigenvalue weighted by molar-refractivity contribution is 0.0918. The van der Waals surface area contributed by atoms with Gasteiger partial charge in [-0.15, -0.1) is 0 Å². The molecule has 1 fully saturated rings. The van der Waals surface area contributed by atoms with Gasteiger partial charge in [-0.05, 0) is 36.0 Å². The van der Waals surface area contributed by atoms with Gasteiger partial charge in [0.1, 0.15) is 6.10 Å². The quantitative estimate of drug-likeness (QED) is 0.840. The summed E-state index contributed by atoms with van der Waals surface area (Å²) >= 11 is 0. The molecule has 0 radical (unpaired) electrons. The highest BCUT2D eigenvalue weighted by Crippen LogP contribution is 2.40. The number of hydrogen-bond acceptors (Lipinski definition) is 3. The summed E-state index contributed by atoms with van der Waals surface area (Å²) in [5.41, 5.74) is 9.24. The van der Waals surface area contributed by atoms with E-state index in [1.54, 1.807) is 0 Å². The Bertz CT molecular complexity index is 424. The second-order valence-corrected chi connectivity index (χ2v) is 4.60. The van der Waals surface area contributed by atoms with Crippen molar-refractivity contribution in [1.82, 2.24) is 0 Å². The van der Waals surface area contributed by atoms with E-state index < -0.39 is 0 Å². The third kappa shape index (κ3) is 1.83. The van der Waals surface area contributed by atoms with Crippen LogP contribution in [-0.4, -0.2) is 18.4 Å². The van der Waals surface area contributed by atoms with Gasteiger partial charge in [0.25, 0.3) is 0 Å². The highest BCUT2D eigenvalue weighted by Gasteiger charge is 2.25. The predicted molar refractivity (Wildman–Crippen MR) is 63.5 cm³/mol. The number of rotatable bonds is 3. The molecule has 1 aromatic rings. The highest BCUT2D eigenvalue weighted by molar-refractivity contribution is 6.01. The second-order valence-electron chi connectivity index (χ2n) is 4.60. The Balaban J connectivity index is 1.81. The first-order valence-corrected chi connectivity index (χ1v) is 5.90. The molecule has 84 valence electrons. The average Bonchev–Trinajstić information content (AvgIpc) is 3.07. The third-order valence-electron chi connectivity index (χ3n) is 3.26. The van der Waals surface area contributed by atoms with Gasteiger partial charge in [0, 0.05) is 13.0 Å². The molecule has 1 aliphatic carbocycles. The zero-order chi connectivity index (χ0) is 11.0. The molecule has 2 aliphatic rings. The Labute approximate surface area is 95.3 Å². The standard InChI is InChI=1S/C13H16N2O/c14-8-12-7-13(15-16-12)11-3-1-2-10(6-11)9-4-5-9/h1-3,6,9,12H,4-5,7-8,14H2. The second kappa shape index (κ2) is 3.91. The first kappa shape index (κ1) is 9.85. The number of benzene rings is 1. The lowest BCUT2D eigenvalue weighted by Gasteiger charge is -2.04. The fraction of sp³-hybridized carbons (Fsp3) is 0.462. The zero-order valence-corrected chi connectivity index (χ0v) is 9.23. The molecule has 2 N–H and O–H groups in total. The molecule has 1 aliphatic heterocycles. The van der Waals surface area contributed by atoms with Crippen LogP contribution in [0.15, 0.2) is 29.4 Å². The minimum absolute atomic E-state index is 0.0691. The third-order valence-corrected chi connectivity index (χ3v) is 3.26. The van der Waals surface area contributed by atoms with Crippen molar-refractivity contribution >= 4 is 5.71 Å². The predicted octanol–water partition coefficient (Wildman–Crippen LogP) is 2.02. The molecule has 0 aromatic heterocycles. The molecule has 1 unspecified atom stereocenters. The van der Waals surface area contributed by atoms with Crippen LogP contribution in [0, 0.1) is 0 Å². The van der Waals surface area contributed by atoms with Gasteiger partial charge in [0.05, 0.1) is 5.71 Å². The van der Waals surface area contributed by atoms with Crippen LogP contribution in [0.3, 0.4) is 0 Å². The van der Waals surface area contributed by atoms with Crippen LogP contribution in [0.2, 0.25) is 0 Å². The summed E-state index contributed by atoms with van der Waals surface area (Å²) in [6.45, 7) is 0.537. The Morgan fingerprint density at radius 3 is 2.94 bits per heavy atom. The monoisotopic (exact) mass is 216 g/mol. The molecule has 1 aromatic carbocycles. The first-order valence-electron chi connectivity index (χ1n) is 5.90. The maximum Gasteiger partial charge on any atom is 0.145 e. The van der Waals surface area contributed by atoms with Crippen LogP contribution in [-0.2, 0) is 4.84 Å². The molecule has 1 saturated carbocycles. The molecule has 0 saturated heterocycles. The van der Waals surface area contributed by atoms with Crippen LogP contribution >= 0.6 is 0 Å². The van der Waals surface area contributed by atoms with Crippen molar-refractivity contribution in [2.24, 2.45) is 10.9 Å². The number of hydrogen-bond donors (Lipinski definition) is 1. The topological polar surface area (TPSA) is 47.6 Å². The first-order chi connectivity index (χ1) is 7.86. The Morgan fingerprint density at radius 2 is 2.25 bits per heavy atom. The van der Waals surface area contributed by atoms with Crippen molar-refractivity contribution in [2.75, 3.05) is 6.54 Å². The Hall–Kier alpha value is -1.35. The lowest BCUT2D eigenvalue weighted by atomic mass is 10.0. The van der Waals surface area contributed by atoms with Gasteiger partial charge < -0.3 is 10.6 Å². The van der Waals surface area contributed by atoms with E-state index in [9.17, 15) is 0 Å². The van der Waals surface area contributed by atoms with Gasteiger partial charge in [-0.2, -0.15) is 0 Å². The van der Waals surface area contributed by atoms with E-state index in [0.717, 1.165) is 18.1 Å². The van der Waals surface area contributed by atoms with Gasteiger partial charge in [-0.25, -0.2) is 0 Å². The molecule has 3 nitrogen and oxygen atoms in total. The van der Waals surface area contributed by atoms with Gasteiger partial charge >= 0.3 is 0 Å². The highest BCUT2D eigenvalue weighted by atomic mass is 16.6. The van der Waals surface area contributed by atoms with Gasteiger partial charge in [0.2, 0.25) is 0 Å². The summed E-state index contributed by atoms with van der Waals surface area (Å²) in [5, 5.41) is 4.12. The molecule has 0 amide bonds. The van der Waals surface area contributed by atoms with E-state index in [4.69, 9.17) is 10.6 Å². The fourth-order valence-electron chi connectivity index (χ4n) is 2.11. The molecule has 0 bridgehead atoms. The minimum Gasteiger partial charge on any atom is -0.390 e. The van der Waals surface area contributed by atoms with Crippen molar-refractivity contribution in [1.29, 1.82) is 0 Å².